The SMILES string of the molecule is CCCC(CNC(=O)OCC1c2ccccc2-c2ccccc21)C(=O)NC(C(=O)O)C(C)OCc1ccccc1. The first-order valence-electron chi connectivity index (χ1n) is 13.7. The number of aliphatic carboxylic acids is 1. The van der Waals surface area contributed by atoms with E-state index in [1.807, 2.05) is 73.7 Å². The zero-order chi connectivity index (χ0) is 28.5. The van der Waals surface area contributed by atoms with Gasteiger partial charge in [0, 0.05) is 12.5 Å². The number of benzene rings is 3. The predicted octanol–water partition coefficient (Wildman–Crippen LogP) is 5.12. The molecule has 3 atom stereocenters. The van der Waals surface area contributed by atoms with Crippen LogP contribution >= 0.6 is 0 Å². The monoisotopic (exact) mass is 544 g/mol. The number of ether oxygens (including phenoxy) is 2. The largest absolute Gasteiger partial charge is 0.480 e. The third kappa shape index (κ3) is 7.07. The molecule has 0 fully saturated rings. The zero-order valence-electron chi connectivity index (χ0n) is 22.8. The first-order valence-corrected chi connectivity index (χ1v) is 13.7. The Kier molecular flexibility index (Phi) is 9.91. The van der Waals surface area contributed by atoms with Crippen molar-refractivity contribution < 1.29 is 29.0 Å². The number of carboxylic acids is 1. The lowest BCUT2D eigenvalue weighted by atomic mass is 9.98. The Morgan fingerprint density at radius 2 is 1.50 bits per heavy atom. The van der Waals surface area contributed by atoms with Crippen LogP contribution in [-0.2, 0) is 25.7 Å². The van der Waals surface area contributed by atoms with Gasteiger partial charge >= 0.3 is 12.1 Å². The van der Waals surface area contributed by atoms with Crippen LogP contribution in [0.1, 0.15) is 49.3 Å². The molecular formula is C32H36N2O6. The van der Waals surface area contributed by atoms with Crippen molar-refractivity contribution in [2.75, 3.05) is 13.2 Å². The number of rotatable bonds is 13. The molecule has 0 aliphatic heterocycles. The van der Waals surface area contributed by atoms with Crippen molar-refractivity contribution in [1.82, 2.24) is 10.6 Å². The average molecular weight is 545 g/mol. The van der Waals surface area contributed by atoms with E-state index in [0.717, 1.165) is 27.8 Å². The maximum Gasteiger partial charge on any atom is 0.407 e. The van der Waals surface area contributed by atoms with Crippen LogP contribution in [0, 0.1) is 5.92 Å². The summed E-state index contributed by atoms with van der Waals surface area (Å²) < 4.78 is 11.3. The molecule has 3 aromatic carbocycles. The van der Waals surface area contributed by atoms with Gasteiger partial charge in [-0.15, -0.1) is 0 Å². The van der Waals surface area contributed by atoms with Gasteiger partial charge in [0.15, 0.2) is 6.04 Å². The van der Waals surface area contributed by atoms with E-state index in [9.17, 15) is 19.5 Å². The van der Waals surface area contributed by atoms with E-state index in [0.29, 0.717) is 12.8 Å². The molecule has 3 N–H and O–H groups in total. The lowest BCUT2D eigenvalue weighted by Crippen LogP contribution is -2.51. The topological polar surface area (TPSA) is 114 Å². The van der Waals surface area contributed by atoms with E-state index in [-0.39, 0.29) is 25.7 Å². The van der Waals surface area contributed by atoms with E-state index in [4.69, 9.17) is 9.47 Å². The van der Waals surface area contributed by atoms with Gasteiger partial charge in [-0.3, -0.25) is 4.79 Å². The molecule has 0 heterocycles. The Labute approximate surface area is 234 Å². The molecule has 0 saturated heterocycles. The van der Waals surface area contributed by atoms with E-state index >= 15 is 0 Å². The van der Waals surface area contributed by atoms with Crippen molar-refractivity contribution in [2.24, 2.45) is 5.92 Å². The fraction of sp³-hybridized carbons (Fsp3) is 0.344. The second-order valence-corrected chi connectivity index (χ2v) is 10.0. The lowest BCUT2D eigenvalue weighted by molar-refractivity contribution is -0.147. The van der Waals surface area contributed by atoms with E-state index in [1.165, 1.54) is 0 Å². The molecule has 3 unspecified atom stereocenters. The molecule has 210 valence electrons. The number of hydrogen-bond donors (Lipinski definition) is 3. The molecule has 0 aromatic heterocycles. The molecule has 1 aliphatic rings. The molecule has 4 rings (SSSR count). The van der Waals surface area contributed by atoms with Crippen LogP contribution < -0.4 is 10.6 Å². The second kappa shape index (κ2) is 13.8. The van der Waals surface area contributed by atoms with E-state index < -0.39 is 36.0 Å². The minimum absolute atomic E-state index is 0.0297. The van der Waals surface area contributed by atoms with Crippen molar-refractivity contribution in [3.05, 3.63) is 95.6 Å². The highest BCUT2D eigenvalue weighted by molar-refractivity contribution is 5.86. The summed E-state index contributed by atoms with van der Waals surface area (Å²) in [5, 5.41) is 15.1. The molecule has 0 bridgehead atoms. The Morgan fingerprint density at radius 3 is 2.10 bits per heavy atom. The first-order chi connectivity index (χ1) is 19.4. The van der Waals surface area contributed by atoms with Crippen LogP contribution in [-0.4, -0.2) is 48.4 Å². The number of nitrogens with one attached hydrogen (secondary N) is 2. The summed E-state index contributed by atoms with van der Waals surface area (Å²) in [5.41, 5.74) is 5.41. The summed E-state index contributed by atoms with van der Waals surface area (Å²) in [6.07, 6.45) is -0.229. The third-order valence-corrected chi connectivity index (χ3v) is 7.23. The normalized spacial score (nSPS) is 14.3. The van der Waals surface area contributed by atoms with Crippen molar-refractivity contribution in [3.63, 3.8) is 0 Å². The van der Waals surface area contributed by atoms with E-state index in [1.54, 1.807) is 6.92 Å². The molecular weight excluding hydrogens is 508 g/mol. The standard InChI is InChI=1S/C32H36N2O6/c1-3-11-23(30(35)34-29(31(36)37)21(2)39-19-22-12-5-4-6-13-22)18-33-32(38)40-20-28-26-16-9-7-14-24(26)25-15-8-10-17-27(25)28/h4-10,12-17,21,23,28-29H,3,11,18-20H2,1-2H3,(H,33,38)(H,34,35)(H,36,37). The number of carbonyl (C=O) groups excluding carboxylic acids is 2. The second-order valence-electron chi connectivity index (χ2n) is 10.0. The van der Waals surface area contributed by atoms with Gasteiger partial charge in [0.25, 0.3) is 0 Å². The Morgan fingerprint density at radius 1 is 0.900 bits per heavy atom. The van der Waals surface area contributed by atoms with Crippen molar-refractivity contribution in [3.8, 4) is 11.1 Å². The third-order valence-electron chi connectivity index (χ3n) is 7.23. The number of amides is 2. The molecule has 0 radical (unpaired) electrons. The Balaban J connectivity index is 1.30. The molecule has 1 aliphatic carbocycles. The van der Waals surface area contributed by atoms with Gasteiger partial charge in [0.1, 0.15) is 6.61 Å². The summed E-state index contributed by atoms with van der Waals surface area (Å²) in [6, 6.07) is 24.3. The van der Waals surface area contributed by atoms with Crippen LogP contribution in [0.2, 0.25) is 0 Å². The molecule has 3 aromatic rings. The fourth-order valence-electron chi connectivity index (χ4n) is 5.08. The lowest BCUT2D eigenvalue weighted by Gasteiger charge is -2.25. The summed E-state index contributed by atoms with van der Waals surface area (Å²) >= 11 is 0. The maximum absolute atomic E-state index is 13.1. The molecule has 8 heteroatoms. The Hall–Kier alpha value is -4.17. The van der Waals surface area contributed by atoms with Crippen molar-refractivity contribution >= 4 is 18.0 Å². The summed E-state index contributed by atoms with van der Waals surface area (Å²) in [6.45, 7) is 3.97. The zero-order valence-corrected chi connectivity index (χ0v) is 22.8. The van der Waals surface area contributed by atoms with E-state index in [2.05, 4.69) is 22.8 Å². The summed E-state index contributed by atoms with van der Waals surface area (Å²) in [4.78, 5) is 37.6. The van der Waals surface area contributed by atoms with Gasteiger partial charge in [0.2, 0.25) is 5.91 Å². The predicted molar refractivity (Wildman–Crippen MR) is 152 cm³/mol. The number of hydrogen-bond acceptors (Lipinski definition) is 5. The minimum Gasteiger partial charge on any atom is -0.480 e. The minimum atomic E-state index is -1.23. The number of fused-ring (bicyclic) bond motifs is 3. The quantitative estimate of drug-likeness (QED) is 0.275. The molecule has 0 saturated carbocycles. The highest BCUT2D eigenvalue weighted by Gasteiger charge is 2.31. The smallest absolute Gasteiger partial charge is 0.407 e. The van der Waals surface area contributed by atoms with Gasteiger partial charge in [-0.05, 0) is 41.2 Å². The van der Waals surface area contributed by atoms with Gasteiger partial charge in [0.05, 0.1) is 18.6 Å². The Bertz CT molecular complexity index is 1270. The molecule has 0 spiro atoms. The summed E-state index contributed by atoms with van der Waals surface area (Å²) in [7, 11) is 0. The molecule has 2 amide bonds. The van der Waals surface area contributed by atoms with Crippen LogP contribution in [0.5, 0.6) is 0 Å². The fourth-order valence-corrected chi connectivity index (χ4v) is 5.08. The van der Waals surface area contributed by atoms with Gasteiger partial charge in [-0.25, -0.2) is 9.59 Å². The van der Waals surface area contributed by atoms with Crippen molar-refractivity contribution in [1.29, 1.82) is 0 Å². The highest BCUT2D eigenvalue weighted by atomic mass is 16.5. The number of carbonyl (C=O) groups is 3. The average Bonchev–Trinajstić information content (AvgIpc) is 3.29. The number of alkyl carbamates (subject to hydrolysis) is 1. The van der Waals surface area contributed by atoms with Crippen LogP contribution in [0.15, 0.2) is 78.9 Å². The highest BCUT2D eigenvalue weighted by Crippen LogP contribution is 2.44. The number of carboxylic acid groups (broad SMARTS) is 1. The molecule has 8 nitrogen and oxygen atoms in total. The molecule has 40 heavy (non-hydrogen) atoms. The first kappa shape index (κ1) is 28.8. The van der Waals surface area contributed by atoms with Crippen molar-refractivity contribution in [2.45, 2.75) is 51.4 Å². The maximum atomic E-state index is 13.1. The van der Waals surface area contributed by atoms with Crippen LogP contribution in [0.3, 0.4) is 0 Å². The van der Waals surface area contributed by atoms with Crippen LogP contribution in [0.4, 0.5) is 4.79 Å². The van der Waals surface area contributed by atoms with Gasteiger partial charge in [-0.2, -0.15) is 0 Å². The van der Waals surface area contributed by atoms with Gasteiger partial charge < -0.3 is 25.2 Å². The summed E-state index contributed by atoms with van der Waals surface area (Å²) in [5.74, 6) is -2.33. The van der Waals surface area contributed by atoms with Gasteiger partial charge in [-0.1, -0.05) is 92.2 Å². The van der Waals surface area contributed by atoms with Crippen LogP contribution in [0.25, 0.3) is 11.1 Å².